The third-order valence-corrected chi connectivity index (χ3v) is 6.39. The van der Waals surface area contributed by atoms with E-state index in [-0.39, 0.29) is 21.3 Å². The lowest BCUT2D eigenvalue weighted by Gasteiger charge is -2.34. The molecule has 3 N–H and O–H groups in total. The molecule has 106 valence electrons. The van der Waals surface area contributed by atoms with Gasteiger partial charge >= 0.3 is 0 Å². The number of ether oxygens (including phenoxy) is 1. The molecule has 0 saturated heterocycles. The summed E-state index contributed by atoms with van der Waals surface area (Å²) in [6.45, 7) is 2.59. The highest BCUT2D eigenvalue weighted by Crippen LogP contribution is 2.27. The van der Waals surface area contributed by atoms with Gasteiger partial charge in [-0.25, -0.2) is 13.1 Å². The van der Waals surface area contributed by atoms with Gasteiger partial charge in [0.2, 0.25) is 10.0 Å². The molecule has 1 aromatic heterocycles. The van der Waals surface area contributed by atoms with Gasteiger partial charge in [-0.05, 0) is 31.9 Å². The Bertz CT molecular complexity index is 561. The van der Waals surface area contributed by atoms with Gasteiger partial charge in [0.05, 0.1) is 11.0 Å². The molecule has 8 heteroatoms. The molecule has 0 spiro atoms. The van der Waals surface area contributed by atoms with Gasteiger partial charge in [0, 0.05) is 12.6 Å². The van der Waals surface area contributed by atoms with Crippen molar-refractivity contribution in [3.05, 3.63) is 17.0 Å². The third kappa shape index (κ3) is 3.51. The highest BCUT2D eigenvalue weighted by molar-refractivity contribution is 7.91. The predicted molar refractivity (Wildman–Crippen MR) is 79.0 cm³/mol. The molecule has 0 atom stereocenters. The molecule has 1 fully saturated rings. The number of nitrogens with one attached hydrogen (secondary N) is 1. The molecule has 0 aromatic carbocycles. The van der Waals surface area contributed by atoms with Crippen molar-refractivity contribution in [3.63, 3.8) is 0 Å². The zero-order chi connectivity index (χ0) is 14.0. The summed E-state index contributed by atoms with van der Waals surface area (Å²) in [5, 5.41) is 0. The summed E-state index contributed by atoms with van der Waals surface area (Å²) < 4.78 is 32.5. The summed E-state index contributed by atoms with van der Waals surface area (Å²) in [4.78, 5) is 0.822. The second-order valence-corrected chi connectivity index (χ2v) is 7.81. The van der Waals surface area contributed by atoms with E-state index in [1.807, 2.05) is 6.92 Å². The van der Waals surface area contributed by atoms with Crippen LogP contribution in [0, 0.1) is 0 Å². The standard InChI is InChI=1S/C11H16N2O3S3/c1-2-16-8-5-7(6-8)13-19(14,15)10-4-3-9(18-10)11(12)17/h3-4,7-8,13H,2,5-6H2,1H3,(H2,12,17). The molecule has 0 bridgehead atoms. The predicted octanol–water partition coefficient (Wildman–Crippen LogP) is 1.23. The monoisotopic (exact) mass is 320 g/mol. The first-order chi connectivity index (χ1) is 8.92. The topological polar surface area (TPSA) is 81.4 Å². The second-order valence-electron chi connectivity index (χ2n) is 4.35. The molecular formula is C11H16N2O3S3. The van der Waals surface area contributed by atoms with Crippen LogP contribution in [0.15, 0.2) is 16.3 Å². The van der Waals surface area contributed by atoms with E-state index in [0.717, 1.165) is 24.2 Å². The van der Waals surface area contributed by atoms with Crippen molar-refractivity contribution in [2.24, 2.45) is 5.73 Å². The Morgan fingerprint density at radius 1 is 1.58 bits per heavy atom. The normalized spacial score (nSPS) is 23.0. The number of sulfonamides is 1. The third-order valence-electron chi connectivity index (χ3n) is 2.91. The molecule has 1 aromatic rings. The van der Waals surface area contributed by atoms with Gasteiger partial charge in [-0.1, -0.05) is 12.2 Å². The first kappa shape index (κ1) is 14.9. The maximum Gasteiger partial charge on any atom is 0.250 e. The molecule has 19 heavy (non-hydrogen) atoms. The minimum atomic E-state index is -3.47. The number of hydrogen-bond donors (Lipinski definition) is 2. The van der Waals surface area contributed by atoms with E-state index in [1.54, 1.807) is 6.07 Å². The molecule has 0 amide bonds. The number of thiophene rings is 1. The van der Waals surface area contributed by atoms with Crippen LogP contribution in [0.5, 0.6) is 0 Å². The summed E-state index contributed by atoms with van der Waals surface area (Å²) in [6.07, 6.45) is 1.62. The highest BCUT2D eigenvalue weighted by atomic mass is 32.2. The van der Waals surface area contributed by atoms with Gasteiger partial charge in [0.15, 0.2) is 0 Å². The Morgan fingerprint density at radius 3 is 2.79 bits per heavy atom. The lowest BCUT2D eigenvalue weighted by atomic mass is 9.90. The Labute approximate surface area is 122 Å². The second kappa shape index (κ2) is 5.84. The van der Waals surface area contributed by atoms with Crippen molar-refractivity contribution in [1.29, 1.82) is 0 Å². The number of nitrogens with two attached hydrogens (primary N) is 1. The number of rotatable bonds is 6. The van der Waals surface area contributed by atoms with Crippen molar-refractivity contribution in [2.75, 3.05) is 6.61 Å². The summed E-state index contributed by atoms with van der Waals surface area (Å²) >= 11 is 5.91. The molecule has 2 rings (SSSR count). The SMILES string of the molecule is CCOC1CC(NS(=O)(=O)c2ccc(C(N)=S)s2)C1. The van der Waals surface area contributed by atoms with Crippen molar-refractivity contribution in [1.82, 2.24) is 4.72 Å². The molecule has 1 aliphatic carbocycles. The molecule has 1 heterocycles. The van der Waals surface area contributed by atoms with Crippen molar-refractivity contribution in [3.8, 4) is 0 Å². The van der Waals surface area contributed by atoms with Crippen LogP contribution in [0.25, 0.3) is 0 Å². The van der Waals surface area contributed by atoms with E-state index in [2.05, 4.69) is 4.72 Å². The highest BCUT2D eigenvalue weighted by Gasteiger charge is 2.33. The van der Waals surface area contributed by atoms with E-state index >= 15 is 0 Å². The molecule has 5 nitrogen and oxygen atoms in total. The number of thiocarbonyl (C=S) groups is 1. The average molecular weight is 320 g/mol. The fraction of sp³-hybridized carbons (Fsp3) is 0.545. The van der Waals surface area contributed by atoms with Gasteiger partial charge < -0.3 is 10.5 Å². The molecule has 0 unspecified atom stereocenters. The van der Waals surface area contributed by atoms with Crippen LogP contribution in [-0.4, -0.2) is 32.2 Å². The lowest BCUT2D eigenvalue weighted by Crippen LogP contribution is -2.47. The Hall–Kier alpha value is -0.540. The number of hydrogen-bond acceptors (Lipinski definition) is 5. The minimum absolute atomic E-state index is 0.0445. The molecule has 0 aliphatic heterocycles. The van der Waals surface area contributed by atoms with E-state index in [4.69, 9.17) is 22.7 Å². The van der Waals surface area contributed by atoms with Crippen LogP contribution in [-0.2, 0) is 14.8 Å². The minimum Gasteiger partial charge on any atom is -0.389 e. The van der Waals surface area contributed by atoms with Gasteiger partial charge in [-0.3, -0.25) is 0 Å². The lowest BCUT2D eigenvalue weighted by molar-refractivity contribution is -0.00474. The van der Waals surface area contributed by atoms with Crippen molar-refractivity contribution < 1.29 is 13.2 Å². The maximum absolute atomic E-state index is 12.1. The summed E-state index contributed by atoms with van der Waals surface area (Å²) in [5.41, 5.74) is 5.47. The zero-order valence-corrected chi connectivity index (χ0v) is 12.9. The van der Waals surface area contributed by atoms with Crippen LogP contribution in [0.4, 0.5) is 0 Å². The summed E-state index contributed by atoms with van der Waals surface area (Å²) in [6, 6.07) is 3.11. The summed E-state index contributed by atoms with van der Waals surface area (Å²) in [7, 11) is -3.47. The van der Waals surface area contributed by atoms with E-state index < -0.39 is 10.0 Å². The fourth-order valence-electron chi connectivity index (χ4n) is 1.91. The van der Waals surface area contributed by atoms with Crippen LogP contribution >= 0.6 is 23.6 Å². The molecule has 0 radical (unpaired) electrons. The van der Waals surface area contributed by atoms with Gasteiger partial charge in [0.1, 0.15) is 9.20 Å². The first-order valence-corrected chi connectivity index (χ1v) is 8.66. The Balaban J connectivity index is 1.97. The first-order valence-electron chi connectivity index (χ1n) is 5.96. The zero-order valence-electron chi connectivity index (χ0n) is 10.5. The Kier molecular flexibility index (Phi) is 4.57. The average Bonchev–Trinajstić information content (AvgIpc) is 2.76. The van der Waals surface area contributed by atoms with Crippen LogP contribution < -0.4 is 10.5 Å². The van der Waals surface area contributed by atoms with Crippen LogP contribution in [0.2, 0.25) is 0 Å². The fourth-order valence-corrected chi connectivity index (χ4v) is 4.54. The molecule has 1 aliphatic rings. The quantitative estimate of drug-likeness (QED) is 0.771. The van der Waals surface area contributed by atoms with Crippen LogP contribution in [0.1, 0.15) is 24.6 Å². The van der Waals surface area contributed by atoms with E-state index in [9.17, 15) is 8.42 Å². The van der Waals surface area contributed by atoms with Crippen LogP contribution in [0.3, 0.4) is 0 Å². The van der Waals surface area contributed by atoms with E-state index in [1.165, 1.54) is 6.07 Å². The Morgan fingerprint density at radius 2 is 2.26 bits per heavy atom. The van der Waals surface area contributed by atoms with Crippen molar-refractivity contribution >= 4 is 38.6 Å². The van der Waals surface area contributed by atoms with Crippen molar-refractivity contribution in [2.45, 2.75) is 36.1 Å². The summed E-state index contributed by atoms with van der Waals surface area (Å²) in [5.74, 6) is 0. The van der Waals surface area contributed by atoms with Gasteiger partial charge in [-0.2, -0.15) is 0 Å². The smallest absolute Gasteiger partial charge is 0.250 e. The molecule has 1 saturated carbocycles. The largest absolute Gasteiger partial charge is 0.389 e. The van der Waals surface area contributed by atoms with Gasteiger partial charge in [0.25, 0.3) is 0 Å². The molecular weight excluding hydrogens is 304 g/mol. The van der Waals surface area contributed by atoms with E-state index in [0.29, 0.717) is 11.5 Å². The van der Waals surface area contributed by atoms with Gasteiger partial charge in [-0.15, -0.1) is 11.3 Å². The maximum atomic E-state index is 12.1.